The number of piperazine rings is 1. The number of nitrogens with one attached hydrogen (secondary N) is 1. The fourth-order valence-electron chi connectivity index (χ4n) is 5.29. The number of halogens is 3. The van der Waals surface area contributed by atoms with Crippen LogP contribution in [0.5, 0.6) is 5.75 Å². The molecule has 2 saturated heterocycles. The van der Waals surface area contributed by atoms with Crippen LogP contribution in [0, 0.1) is 17.5 Å². The molecule has 2 bridgehead atoms. The van der Waals surface area contributed by atoms with Crippen LogP contribution in [0.25, 0.3) is 0 Å². The highest BCUT2D eigenvalue weighted by atomic mass is 32.2. The van der Waals surface area contributed by atoms with Gasteiger partial charge in [-0.1, -0.05) is 6.07 Å². The Bertz CT molecular complexity index is 1240. The van der Waals surface area contributed by atoms with Crippen LogP contribution >= 0.6 is 0 Å². The summed E-state index contributed by atoms with van der Waals surface area (Å²) in [6.07, 6.45) is 2.11. The van der Waals surface area contributed by atoms with Crippen LogP contribution in [0.2, 0.25) is 0 Å². The molecular weight excluding hydrogens is 459 g/mol. The van der Waals surface area contributed by atoms with Gasteiger partial charge < -0.3 is 9.64 Å². The summed E-state index contributed by atoms with van der Waals surface area (Å²) in [6.45, 7) is 0.454. The predicted molar refractivity (Wildman–Crippen MR) is 113 cm³/mol. The molecule has 2 aromatic carbocycles. The highest BCUT2D eigenvalue weighted by molar-refractivity contribution is 7.90. The minimum Gasteiger partial charge on any atom is -0.497 e. The van der Waals surface area contributed by atoms with Gasteiger partial charge in [0.15, 0.2) is 11.6 Å². The van der Waals surface area contributed by atoms with Crippen molar-refractivity contribution in [2.75, 3.05) is 18.4 Å². The van der Waals surface area contributed by atoms with Gasteiger partial charge in [0.1, 0.15) is 17.6 Å². The van der Waals surface area contributed by atoms with E-state index in [9.17, 15) is 26.4 Å². The number of hydrogen-bond acceptors (Lipinski definition) is 4. The third kappa shape index (κ3) is 3.54. The number of benzene rings is 2. The lowest BCUT2D eigenvalue weighted by molar-refractivity contribution is -0.150. The first-order valence-corrected chi connectivity index (χ1v) is 12.1. The average molecular weight is 481 g/mol. The highest BCUT2D eigenvalue weighted by Gasteiger charge is 2.55. The first-order chi connectivity index (χ1) is 15.7. The number of fused-ring (bicyclic) bond motifs is 6. The number of ether oxygens (including phenoxy) is 1. The van der Waals surface area contributed by atoms with Gasteiger partial charge in [0, 0.05) is 18.7 Å². The largest absolute Gasteiger partial charge is 0.497 e. The smallest absolute Gasteiger partial charge is 0.302 e. The molecule has 11 heteroatoms. The van der Waals surface area contributed by atoms with Crippen molar-refractivity contribution in [3.63, 3.8) is 0 Å². The zero-order valence-electron chi connectivity index (χ0n) is 17.7. The molecule has 3 heterocycles. The third-order valence-corrected chi connectivity index (χ3v) is 8.26. The molecule has 3 atom stereocenters. The Labute approximate surface area is 189 Å². The summed E-state index contributed by atoms with van der Waals surface area (Å²) in [7, 11) is -2.90. The Kier molecular flexibility index (Phi) is 5.28. The first kappa shape index (κ1) is 22.0. The minimum absolute atomic E-state index is 0.280. The molecule has 33 heavy (non-hydrogen) atoms. The maximum atomic E-state index is 14.2. The van der Waals surface area contributed by atoms with Gasteiger partial charge in [0.25, 0.3) is 0 Å². The molecule has 5 rings (SSSR count). The van der Waals surface area contributed by atoms with Gasteiger partial charge in [0.2, 0.25) is 5.91 Å². The van der Waals surface area contributed by atoms with E-state index in [0.717, 1.165) is 15.4 Å². The third-order valence-electron chi connectivity index (χ3n) is 6.70. The molecule has 0 aromatic heterocycles. The van der Waals surface area contributed by atoms with E-state index in [4.69, 9.17) is 4.74 Å². The molecule has 0 spiro atoms. The van der Waals surface area contributed by atoms with Crippen LogP contribution in [0.3, 0.4) is 0 Å². The molecule has 176 valence electrons. The lowest BCUT2D eigenvalue weighted by Gasteiger charge is -2.54. The molecule has 3 aliphatic heterocycles. The summed E-state index contributed by atoms with van der Waals surface area (Å²) >= 11 is 0. The molecule has 0 saturated carbocycles. The summed E-state index contributed by atoms with van der Waals surface area (Å²) in [5.74, 6) is -3.70. The van der Waals surface area contributed by atoms with Gasteiger partial charge in [-0.2, -0.15) is 12.7 Å². The Morgan fingerprint density at radius 1 is 1.06 bits per heavy atom. The number of carbonyl (C=O) groups is 1. The molecule has 2 aromatic rings. The monoisotopic (exact) mass is 481 g/mol. The average Bonchev–Trinajstić information content (AvgIpc) is 2.79. The van der Waals surface area contributed by atoms with E-state index in [1.54, 1.807) is 18.1 Å². The molecule has 7 nitrogen and oxygen atoms in total. The van der Waals surface area contributed by atoms with E-state index >= 15 is 0 Å². The van der Waals surface area contributed by atoms with Crippen LogP contribution in [-0.2, 0) is 21.4 Å². The van der Waals surface area contributed by atoms with E-state index in [0.29, 0.717) is 44.0 Å². The van der Waals surface area contributed by atoms with Gasteiger partial charge in [-0.3, -0.25) is 9.52 Å². The SMILES string of the molecule is COc1ccc2c(c1)CCN1C(=O)C3CCCC(C21)N3S(=O)(=O)Nc1cc(F)c(F)cc1F. The van der Waals surface area contributed by atoms with Crippen molar-refractivity contribution in [2.24, 2.45) is 0 Å². The van der Waals surface area contributed by atoms with Crippen molar-refractivity contribution < 1.29 is 31.1 Å². The molecule has 3 unspecified atom stereocenters. The zero-order chi connectivity index (χ0) is 23.5. The Morgan fingerprint density at radius 3 is 2.58 bits per heavy atom. The fourth-order valence-corrected chi connectivity index (χ4v) is 6.94. The molecule has 0 aliphatic carbocycles. The molecular formula is C22H22F3N3O4S. The van der Waals surface area contributed by atoms with Gasteiger partial charge >= 0.3 is 10.2 Å². The number of methoxy groups -OCH3 is 1. The Hall–Kier alpha value is -2.79. The topological polar surface area (TPSA) is 79.0 Å². The van der Waals surface area contributed by atoms with Crippen molar-refractivity contribution in [2.45, 2.75) is 43.8 Å². The van der Waals surface area contributed by atoms with E-state index in [-0.39, 0.29) is 12.0 Å². The molecule has 2 fully saturated rings. The molecule has 0 radical (unpaired) electrons. The van der Waals surface area contributed by atoms with E-state index in [1.165, 1.54) is 0 Å². The van der Waals surface area contributed by atoms with Crippen LogP contribution in [0.15, 0.2) is 30.3 Å². The van der Waals surface area contributed by atoms with E-state index in [1.807, 2.05) is 16.9 Å². The van der Waals surface area contributed by atoms with Crippen LogP contribution in [-0.4, -0.2) is 49.3 Å². The fraction of sp³-hybridized carbons (Fsp3) is 0.409. The molecule has 1 N–H and O–H groups in total. The molecule has 3 aliphatic rings. The van der Waals surface area contributed by atoms with E-state index in [2.05, 4.69) is 0 Å². The summed E-state index contributed by atoms with van der Waals surface area (Å²) in [4.78, 5) is 15.1. The summed E-state index contributed by atoms with van der Waals surface area (Å²) < 4.78 is 76.4. The number of amides is 1. The van der Waals surface area contributed by atoms with Crippen molar-refractivity contribution in [3.8, 4) is 5.75 Å². The van der Waals surface area contributed by atoms with Gasteiger partial charge in [-0.25, -0.2) is 13.2 Å². The standard InChI is InChI=1S/C22H22F3N3O4S/c1-32-13-5-6-14-12(9-13)7-8-27-21(14)19-3-2-4-20(22(27)29)28(19)33(30,31)26-18-11-16(24)15(23)10-17(18)25/h5-6,9-11,19-21,26H,2-4,7-8H2,1H3. The Balaban J connectivity index is 1.56. The number of carbonyl (C=O) groups excluding carboxylic acids is 1. The maximum Gasteiger partial charge on any atom is 0.302 e. The predicted octanol–water partition coefficient (Wildman–Crippen LogP) is 3.13. The lowest BCUT2D eigenvalue weighted by Crippen LogP contribution is -2.67. The van der Waals surface area contributed by atoms with Crippen molar-refractivity contribution in [1.82, 2.24) is 9.21 Å². The number of rotatable bonds is 4. The van der Waals surface area contributed by atoms with Crippen molar-refractivity contribution >= 4 is 21.8 Å². The van der Waals surface area contributed by atoms with Crippen molar-refractivity contribution in [1.29, 1.82) is 0 Å². The maximum absolute atomic E-state index is 14.2. The zero-order valence-corrected chi connectivity index (χ0v) is 18.5. The summed E-state index contributed by atoms with van der Waals surface area (Å²) in [5, 5.41) is 0. The first-order valence-electron chi connectivity index (χ1n) is 10.6. The second-order valence-corrected chi connectivity index (χ2v) is 10.1. The second kappa shape index (κ2) is 7.91. The van der Waals surface area contributed by atoms with Crippen molar-refractivity contribution in [3.05, 3.63) is 58.9 Å². The van der Waals surface area contributed by atoms with Crippen LogP contribution in [0.1, 0.15) is 36.4 Å². The van der Waals surface area contributed by atoms with Gasteiger partial charge in [-0.15, -0.1) is 0 Å². The number of hydrogen-bond donors (Lipinski definition) is 1. The quantitative estimate of drug-likeness (QED) is 0.681. The van der Waals surface area contributed by atoms with Gasteiger partial charge in [0.05, 0.1) is 24.9 Å². The van der Waals surface area contributed by atoms with Gasteiger partial charge in [-0.05, 0) is 48.9 Å². The molecule has 1 amide bonds. The normalized spacial score (nSPS) is 24.8. The van der Waals surface area contributed by atoms with E-state index < -0.39 is 51.5 Å². The number of nitrogens with zero attached hydrogens (tertiary/aromatic N) is 2. The Morgan fingerprint density at radius 2 is 1.82 bits per heavy atom. The number of anilines is 1. The summed E-state index contributed by atoms with van der Waals surface area (Å²) in [5.41, 5.74) is 1.11. The number of piperidine rings is 1. The van der Waals surface area contributed by atoms with Crippen LogP contribution in [0.4, 0.5) is 18.9 Å². The highest BCUT2D eigenvalue weighted by Crippen LogP contribution is 2.46. The summed E-state index contributed by atoms with van der Waals surface area (Å²) in [6, 6.07) is 4.22. The second-order valence-electron chi connectivity index (χ2n) is 8.49. The van der Waals surface area contributed by atoms with Crippen LogP contribution < -0.4 is 9.46 Å². The minimum atomic E-state index is -4.46. The lowest BCUT2D eigenvalue weighted by atomic mass is 9.80.